The van der Waals surface area contributed by atoms with Gasteiger partial charge in [-0.25, -0.2) is 9.59 Å². The van der Waals surface area contributed by atoms with Gasteiger partial charge in [-0.15, -0.1) is 0 Å². The van der Waals surface area contributed by atoms with Crippen molar-refractivity contribution in [2.75, 3.05) is 13.1 Å². The minimum Gasteiger partial charge on any atom is -0.478 e. The van der Waals surface area contributed by atoms with Crippen LogP contribution in [0.2, 0.25) is 0 Å². The molecule has 2 N–H and O–H groups in total. The van der Waals surface area contributed by atoms with E-state index in [0.717, 1.165) is 16.7 Å². The highest BCUT2D eigenvalue weighted by Crippen LogP contribution is 2.33. The minimum absolute atomic E-state index is 0.164. The molecule has 0 aliphatic carbocycles. The molecule has 2 aromatic rings. The van der Waals surface area contributed by atoms with Gasteiger partial charge in [0.2, 0.25) is 5.91 Å². The quantitative estimate of drug-likeness (QED) is 0.765. The largest absolute Gasteiger partial charge is 0.478 e. The van der Waals surface area contributed by atoms with Crippen LogP contribution in [0.1, 0.15) is 53.9 Å². The topological polar surface area (TPSA) is 95.9 Å². The molecular formula is C24H28N2O5. The van der Waals surface area contributed by atoms with Gasteiger partial charge in [-0.05, 0) is 62.4 Å². The van der Waals surface area contributed by atoms with Gasteiger partial charge in [-0.2, -0.15) is 0 Å². The maximum Gasteiger partial charge on any atom is 0.408 e. The zero-order valence-electron chi connectivity index (χ0n) is 18.1. The van der Waals surface area contributed by atoms with Gasteiger partial charge in [0, 0.05) is 6.54 Å². The summed E-state index contributed by atoms with van der Waals surface area (Å²) in [4.78, 5) is 38.1. The number of rotatable bonds is 5. The molecule has 1 atom stereocenters. The molecule has 1 heterocycles. The van der Waals surface area contributed by atoms with Crippen molar-refractivity contribution < 1.29 is 24.2 Å². The number of nitrogens with one attached hydrogen (secondary N) is 1. The van der Waals surface area contributed by atoms with E-state index in [-0.39, 0.29) is 24.1 Å². The maximum atomic E-state index is 13.0. The van der Waals surface area contributed by atoms with Crippen LogP contribution in [0.3, 0.4) is 0 Å². The Morgan fingerprint density at radius 2 is 1.84 bits per heavy atom. The summed E-state index contributed by atoms with van der Waals surface area (Å²) in [6, 6.07) is 14.7. The Morgan fingerprint density at radius 3 is 2.48 bits per heavy atom. The summed E-state index contributed by atoms with van der Waals surface area (Å²) in [6.45, 7) is 5.57. The monoisotopic (exact) mass is 424 g/mol. The highest BCUT2D eigenvalue weighted by atomic mass is 16.6. The van der Waals surface area contributed by atoms with Crippen molar-refractivity contribution in [1.82, 2.24) is 10.2 Å². The van der Waals surface area contributed by atoms with E-state index in [1.165, 1.54) is 0 Å². The third-order valence-corrected chi connectivity index (χ3v) is 5.12. The zero-order valence-corrected chi connectivity index (χ0v) is 18.1. The number of fused-ring (bicyclic) bond motifs is 1. The van der Waals surface area contributed by atoms with Crippen LogP contribution in [0.4, 0.5) is 4.79 Å². The summed E-state index contributed by atoms with van der Waals surface area (Å²) in [7, 11) is 0. The van der Waals surface area contributed by atoms with Gasteiger partial charge in [-0.3, -0.25) is 4.79 Å². The molecule has 0 aromatic heterocycles. The van der Waals surface area contributed by atoms with Crippen molar-refractivity contribution in [2.45, 2.75) is 45.3 Å². The second kappa shape index (κ2) is 9.20. The van der Waals surface area contributed by atoms with Gasteiger partial charge >= 0.3 is 12.1 Å². The Balaban J connectivity index is 1.82. The Hall–Kier alpha value is -3.35. The number of nitrogens with zero attached hydrogens (tertiary/aromatic N) is 1. The molecule has 0 bridgehead atoms. The molecular weight excluding hydrogens is 396 g/mol. The molecule has 2 aromatic carbocycles. The molecule has 0 saturated carbocycles. The lowest BCUT2D eigenvalue weighted by Crippen LogP contribution is -2.46. The van der Waals surface area contributed by atoms with Crippen LogP contribution in [0.25, 0.3) is 0 Å². The average Bonchev–Trinajstić information content (AvgIpc) is 2.71. The maximum absolute atomic E-state index is 13.0. The number of hydrogen-bond acceptors (Lipinski definition) is 4. The number of carboxylic acids is 1. The molecule has 164 valence electrons. The standard InChI is InChI=1S/C24H28N2O5/c1-24(2,3)31-23(30)25-15-21(27)26-12-11-17-14-18(22(28)29)9-10-19(17)20(26)13-16-7-5-4-6-8-16/h4-10,14,20H,11-13,15H2,1-3H3,(H,25,30)(H,28,29). The van der Waals surface area contributed by atoms with Gasteiger partial charge in [0.15, 0.2) is 0 Å². The first-order valence-corrected chi connectivity index (χ1v) is 10.3. The minimum atomic E-state index is -0.970. The van der Waals surface area contributed by atoms with Gasteiger partial charge in [0.1, 0.15) is 12.1 Å². The fourth-order valence-corrected chi connectivity index (χ4v) is 3.76. The van der Waals surface area contributed by atoms with E-state index in [0.29, 0.717) is 19.4 Å². The van der Waals surface area contributed by atoms with Gasteiger partial charge in [0.05, 0.1) is 11.6 Å². The normalized spacial score (nSPS) is 15.7. The summed E-state index contributed by atoms with van der Waals surface area (Å²) in [5.41, 5.74) is 2.54. The SMILES string of the molecule is CC(C)(C)OC(=O)NCC(=O)N1CCc2cc(C(=O)O)ccc2C1Cc1ccccc1. The second-order valence-electron chi connectivity index (χ2n) is 8.62. The number of aromatic carboxylic acids is 1. The molecule has 2 amide bonds. The first-order chi connectivity index (χ1) is 14.6. The fourth-order valence-electron chi connectivity index (χ4n) is 3.76. The molecule has 1 aliphatic heterocycles. The van der Waals surface area contributed by atoms with Crippen LogP contribution in [-0.2, 0) is 22.4 Å². The molecule has 1 unspecified atom stereocenters. The fraction of sp³-hybridized carbons (Fsp3) is 0.375. The third-order valence-electron chi connectivity index (χ3n) is 5.12. The average molecular weight is 424 g/mol. The zero-order chi connectivity index (χ0) is 22.6. The number of carboxylic acid groups (broad SMARTS) is 1. The summed E-state index contributed by atoms with van der Waals surface area (Å²) < 4.78 is 5.21. The number of carbonyl (C=O) groups excluding carboxylic acids is 2. The van der Waals surface area contributed by atoms with E-state index in [9.17, 15) is 19.5 Å². The number of alkyl carbamates (subject to hydrolysis) is 1. The summed E-state index contributed by atoms with van der Waals surface area (Å²) >= 11 is 0. The van der Waals surface area contributed by atoms with Crippen molar-refractivity contribution in [1.29, 1.82) is 0 Å². The smallest absolute Gasteiger partial charge is 0.408 e. The molecule has 0 radical (unpaired) electrons. The van der Waals surface area contributed by atoms with Crippen molar-refractivity contribution in [3.63, 3.8) is 0 Å². The first-order valence-electron chi connectivity index (χ1n) is 10.3. The predicted molar refractivity (Wildman–Crippen MR) is 116 cm³/mol. The number of benzene rings is 2. The molecule has 0 fully saturated rings. The third kappa shape index (κ3) is 5.84. The van der Waals surface area contributed by atoms with E-state index < -0.39 is 17.7 Å². The van der Waals surface area contributed by atoms with E-state index in [4.69, 9.17) is 4.74 Å². The highest BCUT2D eigenvalue weighted by Gasteiger charge is 2.31. The summed E-state index contributed by atoms with van der Waals surface area (Å²) in [6.07, 6.45) is 0.516. The Kier molecular flexibility index (Phi) is 6.63. The number of carbonyl (C=O) groups is 3. The van der Waals surface area contributed by atoms with Crippen LogP contribution >= 0.6 is 0 Å². The van der Waals surface area contributed by atoms with Crippen molar-refractivity contribution in [3.05, 3.63) is 70.8 Å². The molecule has 31 heavy (non-hydrogen) atoms. The van der Waals surface area contributed by atoms with Gasteiger partial charge < -0.3 is 20.1 Å². The Bertz CT molecular complexity index is 966. The van der Waals surface area contributed by atoms with E-state index in [1.807, 2.05) is 30.3 Å². The lowest BCUT2D eigenvalue weighted by molar-refractivity contribution is -0.133. The molecule has 0 spiro atoms. The van der Waals surface area contributed by atoms with Crippen LogP contribution in [-0.4, -0.2) is 46.7 Å². The van der Waals surface area contributed by atoms with Crippen molar-refractivity contribution in [3.8, 4) is 0 Å². The molecule has 1 aliphatic rings. The van der Waals surface area contributed by atoms with Crippen LogP contribution in [0, 0.1) is 0 Å². The van der Waals surface area contributed by atoms with E-state index in [1.54, 1.807) is 43.9 Å². The van der Waals surface area contributed by atoms with Crippen molar-refractivity contribution >= 4 is 18.0 Å². The summed E-state index contributed by atoms with van der Waals surface area (Å²) in [5, 5.41) is 11.9. The Labute approximate surface area is 182 Å². The van der Waals surface area contributed by atoms with Crippen molar-refractivity contribution in [2.24, 2.45) is 0 Å². The van der Waals surface area contributed by atoms with Crippen LogP contribution < -0.4 is 5.32 Å². The summed E-state index contributed by atoms with van der Waals surface area (Å²) in [5.74, 6) is -1.18. The first kappa shape index (κ1) is 22.3. The van der Waals surface area contributed by atoms with Crippen LogP contribution in [0.15, 0.2) is 48.5 Å². The van der Waals surface area contributed by atoms with E-state index in [2.05, 4.69) is 5.32 Å². The molecule has 7 heteroatoms. The predicted octanol–water partition coefficient (Wildman–Crippen LogP) is 3.58. The van der Waals surface area contributed by atoms with E-state index >= 15 is 0 Å². The number of ether oxygens (including phenoxy) is 1. The molecule has 7 nitrogen and oxygen atoms in total. The Morgan fingerprint density at radius 1 is 1.13 bits per heavy atom. The number of hydrogen-bond donors (Lipinski definition) is 2. The lowest BCUT2D eigenvalue weighted by atomic mass is 9.87. The second-order valence-corrected chi connectivity index (χ2v) is 8.62. The van der Waals surface area contributed by atoms with Crippen LogP contribution in [0.5, 0.6) is 0 Å². The van der Waals surface area contributed by atoms with Gasteiger partial charge in [-0.1, -0.05) is 36.4 Å². The molecule has 3 rings (SSSR count). The molecule has 0 saturated heterocycles. The van der Waals surface area contributed by atoms with Gasteiger partial charge in [0.25, 0.3) is 0 Å². The highest BCUT2D eigenvalue weighted by molar-refractivity contribution is 5.88. The number of amides is 2. The lowest BCUT2D eigenvalue weighted by Gasteiger charge is -2.38.